The van der Waals surface area contributed by atoms with Gasteiger partial charge in [-0.1, -0.05) is 60.7 Å². The quantitative estimate of drug-likeness (QED) is 0.225. The summed E-state index contributed by atoms with van der Waals surface area (Å²) in [7, 11) is 0. The second kappa shape index (κ2) is 12.5. The molecule has 1 aliphatic rings. The Kier molecular flexibility index (Phi) is 8.18. The van der Waals surface area contributed by atoms with Crippen LogP contribution in [0.4, 0.5) is 10.1 Å². The number of nitrogens with zero attached hydrogens (tertiary/aromatic N) is 3. The van der Waals surface area contributed by atoms with E-state index in [0.717, 1.165) is 30.4 Å². The number of aliphatic hydroxyl groups is 1. The molecule has 0 saturated carbocycles. The highest BCUT2D eigenvalue weighted by Gasteiger charge is 2.25. The summed E-state index contributed by atoms with van der Waals surface area (Å²) in [6.07, 6.45) is 2.49. The van der Waals surface area contributed by atoms with E-state index < -0.39 is 11.6 Å². The van der Waals surface area contributed by atoms with E-state index in [4.69, 9.17) is 13.9 Å². The number of benzene rings is 3. The van der Waals surface area contributed by atoms with Crippen molar-refractivity contribution in [2.24, 2.45) is 5.92 Å². The van der Waals surface area contributed by atoms with Gasteiger partial charge < -0.3 is 23.9 Å². The van der Waals surface area contributed by atoms with Crippen molar-refractivity contribution >= 4 is 16.8 Å². The first-order valence-corrected chi connectivity index (χ1v) is 14.1. The lowest BCUT2D eigenvalue weighted by Crippen LogP contribution is -2.34. The molecule has 0 spiro atoms. The minimum Gasteiger partial charge on any atom is -0.473 e. The Bertz CT molecular complexity index is 1700. The summed E-state index contributed by atoms with van der Waals surface area (Å²) in [6, 6.07) is 25.4. The lowest BCUT2D eigenvalue weighted by atomic mass is 9.93. The van der Waals surface area contributed by atoms with Gasteiger partial charge in [0.2, 0.25) is 11.8 Å². The van der Waals surface area contributed by atoms with Crippen LogP contribution in [0.5, 0.6) is 11.8 Å². The first-order valence-electron chi connectivity index (χ1n) is 14.1. The van der Waals surface area contributed by atoms with E-state index in [1.807, 2.05) is 65.6 Å². The Morgan fingerprint density at radius 1 is 0.881 bits per heavy atom. The maximum atomic E-state index is 15.1. The predicted octanol–water partition coefficient (Wildman–Crippen LogP) is 5.87. The largest absolute Gasteiger partial charge is 0.473 e. The number of hydrogen-bond acceptors (Lipinski definition) is 7. The van der Waals surface area contributed by atoms with E-state index in [2.05, 4.69) is 4.98 Å². The molecule has 1 fully saturated rings. The molecular weight excluding hydrogens is 537 g/mol. The number of rotatable bonds is 10. The smallest absolute Gasteiger partial charge is 0.424 e. The van der Waals surface area contributed by atoms with Crippen LogP contribution < -0.4 is 20.1 Å². The van der Waals surface area contributed by atoms with E-state index >= 15 is 4.39 Å². The third kappa shape index (κ3) is 6.01. The second-order valence-electron chi connectivity index (χ2n) is 10.4. The monoisotopic (exact) mass is 569 g/mol. The van der Waals surface area contributed by atoms with Crippen LogP contribution in [0.3, 0.4) is 0 Å². The molecular formula is C33H32FN3O5. The summed E-state index contributed by atoms with van der Waals surface area (Å²) >= 11 is 0. The highest BCUT2D eigenvalue weighted by Crippen LogP contribution is 2.34. The second-order valence-corrected chi connectivity index (χ2v) is 10.4. The molecule has 6 rings (SSSR count). The van der Waals surface area contributed by atoms with E-state index in [9.17, 15) is 9.90 Å². The Labute approximate surface area is 242 Å². The van der Waals surface area contributed by atoms with Gasteiger partial charge in [-0.3, -0.25) is 0 Å². The van der Waals surface area contributed by atoms with Gasteiger partial charge in [0.1, 0.15) is 30.2 Å². The van der Waals surface area contributed by atoms with Gasteiger partial charge in [0, 0.05) is 37.9 Å². The molecule has 0 radical (unpaired) electrons. The third-order valence-corrected chi connectivity index (χ3v) is 7.62. The highest BCUT2D eigenvalue weighted by molar-refractivity contribution is 5.88. The van der Waals surface area contributed by atoms with Crippen LogP contribution in [0, 0.1) is 11.7 Å². The molecule has 9 heteroatoms. The molecule has 0 aliphatic carbocycles. The molecule has 0 atom stereocenters. The van der Waals surface area contributed by atoms with Gasteiger partial charge in [0.15, 0.2) is 5.58 Å². The predicted molar refractivity (Wildman–Crippen MR) is 158 cm³/mol. The number of halogens is 1. The molecule has 3 heterocycles. The number of anilines is 1. The van der Waals surface area contributed by atoms with E-state index in [-0.39, 0.29) is 24.6 Å². The Hall–Kier alpha value is -4.63. The normalized spacial score (nSPS) is 13.9. The number of fused-ring (bicyclic) bond motifs is 1. The molecule has 2 aromatic heterocycles. The zero-order valence-electron chi connectivity index (χ0n) is 23.1. The van der Waals surface area contributed by atoms with Gasteiger partial charge in [-0.05, 0) is 42.4 Å². The fraction of sp³-hybridized carbons (Fsp3) is 0.273. The van der Waals surface area contributed by atoms with E-state index in [1.165, 1.54) is 16.7 Å². The number of aromatic nitrogens is 2. The molecule has 1 saturated heterocycles. The van der Waals surface area contributed by atoms with Gasteiger partial charge in [-0.2, -0.15) is 4.98 Å². The average molecular weight is 570 g/mol. The van der Waals surface area contributed by atoms with Crippen molar-refractivity contribution in [2.45, 2.75) is 32.5 Å². The maximum Gasteiger partial charge on any atom is 0.424 e. The molecule has 0 amide bonds. The minimum absolute atomic E-state index is 0.157. The van der Waals surface area contributed by atoms with Gasteiger partial charge >= 0.3 is 5.76 Å². The number of pyridine rings is 1. The summed E-state index contributed by atoms with van der Waals surface area (Å²) in [5.41, 5.74) is 3.35. The van der Waals surface area contributed by atoms with Crippen LogP contribution in [0.15, 0.2) is 94.1 Å². The maximum absolute atomic E-state index is 15.1. The first kappa shape index (κ1) is 27.5. The van der Waals surface area contributed by atoms with Crippen molar-refractivity contribution in [1.29, 1.82) is 0 Å². The first-order chi connectivity index (χ1) is 20.6. The van der Waals surface area contributed by atoms with Crippen LogP contribution in [0.1, 0.15) is 30.4 Å². The van der Waals surface area contributed by atoms with Crippen molar-refractivity contribution < 1.29 is 23.4 Å². The number of oxazole rings is 1. The molecule has 1 aliphatic heterocycles. The number of aliphatic hydroxyl groups excluding tert-OH is 1. The number of hydrogen-bond donors (Lipinski definition) is 1. The van der Waals surface area contributed by atoms with Gasteiger partial charge in [-0.15, -0.1) is 0 Å². The summed E-state index contributed by atoms with van der Waals surface area (Å²) in [5.74, 6) is -0.248. The van der Waals surface area contributed by atoms with Crippen molar-refractivity contribution in [1.82, 2.24) is 9.55 Å². The average Bonchev–Trinajstić information content (AvgIpc) is 3.35. The summed E-state index contributed by atoms with van der Waals surface area (Å²) in [5, 5.41) is 9.31. The molecule has 0 bridgehead atoms. The van der Waals surface area contributed by atoms with Crippen LogP contribution in [-0.2, 0) is 13.2 Å². The lowest BCUT2D eigenvalue weighted by Gasteiger charge is -2.33. The van der Waals surface area contributed by atoms with Gasteiger partial charge in [-0.25, -0.2) is 13.8 Å². The van der Waals surface area contributed by atoms with Gasteiger partial charge in [0.05, 0.1) is 5.69 Å². The zero-order valence-corrected chi connectivity index (χ0v) is 23.1. The molecule has 8 nitrogen and oxygen atoms in total. The fourth-order valence-electron chi connectivity index (χ4n) is 5.41. The summed E-state index contributed by atoms with van der Waals surface area (Å²) in [6.45, 7) is 2.03. The fourth-order valence-corrected chi connectivity index (χ4v) is 5.41. The topological polar surface area (TPSA) is 90.0 Å². The zero-order chi connectivity index (χ0) is 28.9. The molecule has 42 heavy (non-hydrogen) atoms. The number of piperidine rings is 1. The van der Waals surface area contributed by atoms with Crippen LogP contribution in [0.2, 0.25) is 0 Å². The molecule has 0 unspecified atom stereocenters. The Morgan fingerprint density at radius 3 is 2.21 bits per heavy atom. The van der Waals surface area contributed by atoms with Crippen LogP contribution in [0.25, 0.3) is 16.8 Å². The lowest BCUT2D eigenvalue weighted by molar-refractivity contribution is 0.240. The van der Waals surface area contributed by atoms with E-state index in [1.54, 1.807) is 12.1 Å². The van der Waals surface area contributed by atoms with Crippen molar-refractivity contribution in [3.63, 3.8) is 0 Å². The molecule has 1 N–H and O–H groups in total. The summed E-state index contributed by atoms with van der Waals surface area (Å²) < 4.78 is 34.2. The molecule has 5 aromatic rings. The number of ether oxygens (including phenoxy) is 2. The third-order valence-electron chi connectivity index (χ3n) is 7.62. The molecule has 216 valence electrons. The van der Waals surface area contributed by atoms with Crippen LogP contribution >= 0.6 is 0 Å². The Morgan fingerprint density at radius 2 is 1.55 bits per heavy atom. The SMILES string of the molecule is O=c1oc2c(N3CCC(CCO)CC3)cc(F)cc2n1-c1ccc(OCc2ccccc2)nc1OCc1ccccc1. The summed E-state index contributed by atoms with van der Waals surface area (Å²) in [4.78, 5) is 20.0. The highest BCUT2D eigenvalue weighted by atomic mass is 19.1. The van der Waals surface area contributed by atoms with E-state index in [0.29, 0.717) is 48.5 Å². The van der Waals surface area contributed by atoms with Crippen LogP contribution in [-0.4, -0.2) is 34.4 Å². The van der Waals surface area contributed by atoms with Crippen molar-refractivity contribution in [2.75, 3.05) is 24.6 Å². The van der Waals surface area contributed by atoms with Crippen molar-refractivity contribution in [3.8, 4) is 17.4 Å². The molecule has 3 aromatic carbocycles. The van der Waals surface area contributed by atoms with Gasteiger partial charge in [0.25, 0.3) is 0 Å². The Balaban J connectivity index is 1.36. The minimum atomic E-state index is -0.670. The van der Waals surface area contributed by atoms with Crippen molar-refractivity contribution in [3.05, 3.63) is 112 Å². The standard InChI is InChI=1S/C33H32FN3O5/c34-26-19-28(36-16-13-23(14-17-36)15-18-38)31-29(20-26)37(33(39)42-31)27-11-12-30(40-21-24-7-3-1-4-8-24)35-32(27)41-22-25-9-5-2-6-10-25/h1-12,19-20,23,38H,13-18,21-22H2.